The van der Waals surface area contributed by atoms with Crippen molar-refractivity contribution in [3.8, 4) is 0 Å². The zero-order valence-electron chi connectivity index (χ0n) is 13.5. The monoisotopic (exact) mass is 447 g/mol. The number of hydrogen-bond acceptors (Lipinski definition) is 4. The molecular weight excluding hydrogens is 431 g/mol. The third-order valence-corrected chi connectivity index (χ3v) is 6.68. The number of hydrogen-bond donors (Lipinski definition) is 1. The van der Waals surface area contributed by atoms with Crippen LogP contribution in [0.3, 0.4) is 0 Å². The molecular formula is C15H18Cl4NO4P. The summed E-state index contributed by atoms with van der Waals surface area (Å²) in [6.45, 7) is 3.33. The maximum atomic E-state index is 12.9. The van der Waals surface area contributed by atoms with Crippen LogP contribution >= 0.6 is 54.0 Å². The minimum Gasteiger partial charge on any atom is -0.335 e. The third-order valence-electron chi connectivity index (χ3n) is 2.84. The number of benzene rings is 1. The molecule has 1 rings (SSSR count). The van der Waals surface area contributed by atoms with Crippen LogP contribution < -0.4 is 5.32 Å². The van der Waals surface area contributed by atoms with Crippen LogP contribution in [-0.2, 0) is 18.4 Å². The summed E-state index contributed by atoms with van der Waals surface area (Å²) in [4.78, 5) is 12.2. The molecule has 10 heteroatoms. The molecule has 1 unspecified atom stereocenters. The van der Waals surface area contributed by atoms with E-state index in [1.165, 1.54) is 12.2 Å². The van der Waals surface area contributed by atoms with Crippen LogP contribution in [0.4, 0.5) is 0 Å². The quantitative estimate of drug-likeness (QED) is 0.327. The summed E-state index contributed by atoms with van der Waals surface area (Å²) >= 11 is 23.7. The van der Waals surface area contributed by atoms with Gasteiger partial charge in [0, 0.05) is 11.1 Å². The maximum absolute atomic E-state index is 12.9. The maximum Gasteiger partial charge on any atom is 0.357 e. The highest BCUT2D eigenvalue weighted by Crippen LogP contribution is 2.58. The van der Waals surface area contributed by atoms with Crippen LogP contribution in [0.25, 0.3) is 6.08 Å². The second-order valence-corrected chi connectivity index (χ2v) is 9.57. The molecule has 0 fully saturated rings. The van der Waals surface area contributed by atoms with Crippen molar-refractivity contribution < 1.29 is 18.4 Å². The zero-order chi connectivity index (χ0) is 19.1. The first-order valence-corrected chi connectivity index (χ1v) is 10.4. The molecule has 0 heterocycles. The van der Waals surface area contributed by atoms with E-state index >= 15 is 0 Å². The Hall–Kier alpha value is -0.260. The lowest BCUT2D eigenvalue weighted by atomic mass is 10.2. The topological polar surface area (TPSA) is 64.6 Å². The molecule has 1 aromatic rings. The molecule has 1 aromatic carbocycles. The second kappa shape index (κ2) is 10.2. The second-order valence-electron chi connectivity index (χ2n) is 4.68. The van der Waals surface area contributed by atoms with Crippen molar-refractivity contribution in [2.75, 3.05) is 13.2 Å². The third kappa shape index (κ3) is 7.10. The van der Waals surface area contributed by atoms with E-state index in [0.29, 0.717) is 10.6 Å². The molecule has 0 saturated heterocycles. The molecule has 5 nitrogen and oxygen atoms in total. The van der Waals surface area contributed by atoms with Gasteiger partial charge < -0.3 is 14.4 Å². The molecule has 0 radical (unpaired) electrons. The average Bonchev–Trinajstić information content (AvgIpc) is 2.51. The fraction of sp³-hybridized carbons (Fsp3) is 0.400. The van der Waals surface area contributed by atoms with E-state index in [2.05, 4.69) is 5.32 Å². The van der Waals surface area contributed by atoms with Crippen molar-refractivity contribution in [1.82, 2.24) is 5.32 Å². The molecule has 1 atom stereocenters. The van der Waals surface area contributed by atoms with E-state index in [-0.39, 0.29) is 13.2 Å². The fourth-order valence-electron chi connectivity index (χ4n) is 1.84. The smallest absolute Gasteiger partial charge is 0.335 e. The van der Waals surface area contributed by atoms with Crippen LogP contribution in [0.2, 0.25) is 5.02 Å². The van der Waals surface area contributed by atoms with Crippen molar-refractivity contribution in [3.63, 3.8) is 0 Å². The van der Waals surface area contributed by atoms with Crippen molar-refractivity contribution in [3.05, 3.63) is 40.9 Å². The molecule has 0 aliphatic carbocycles. The normalized spacial score (nSPS) is 13.8. The zero-order valence-corrected chi connectivity index (χ0v) is 17.5. The molecule has 0 aromatic heterocycles. The number of amides is 1. The van der Waals surface area contributed by atoms with Gasteiger partial charge in [0.15, 0.2) is 5.78 Å². The van der Waals surface area contributed by atoms with Gasteiger partial charge in [0.05, 0.1) is 13.2 Å². The lowest BCUT2D eigenvalue weighted by Gasteiger charge is -2.31. The Bertz CT molecular complexity index is 653. The van der Waals surface area contributed by atoms with Gasteiger partial charge in [-0.3, -0.25) is 9.36 Å². The van der Waals surface area contributed by atoms with Gasteiger partial charge in [0.1, 0.15) is 0 Å². The first-order valence-electron chi connectivity index (χ1n) is 7.32. The number of carbonyl (C=O) groups is 1. The average molecular weight is 449 g/mol. The van der Waals surface area contributed by atoms with Crippen molar-refractivity contribution in [1.29, 1.82) is 0 Å². The van der Waals surface area contributed by atoms with Crippen LogP contribution in [0.15, 0.2) is 30.3 Å². The standard InChI is InChI=1S/C15H18Cl4NO4P/c1-3-23-25(22,24-4-2)14(15(17,18)19)20-13(21)10-9-11-7-5-6-8-12(11)16/h5-10,14H,3-4H2,1-2H3,(H,20,21)/b10-9+. The Morgan fingerprint density at radius 2 is 1.80 bits per heavy atom. The lowest BCUT2D eigenvalue weighted by Crippen LogP contribution is -2.43. The molecule has 140 valence electrons. The van der Waals surface area contributed by atoms with Gasteiger partial charge in [0.2, 0.25) is 9.70 Å². The van der Waals surface area contributed by atoms with Crippen LogP contribution in [0, 0.1) is 0 Å². The van der Waals surface area contributed by atoms with Gasteiger partial charge in [-0.1, -0.05) is 64.6 Å². The molecule has 0 aliphatic heterocycles. The summed E-state index contributed by atoms with van der Waals surface area (Å²) in [5.74, 6) is -2.12. The highest BCUT2D eigenvalue weighted by atomic mass is 35.6. The highest BCUT2D eigenvalue weighted by Gasteiger charge is 2.49. The number of rotatable bonds is 8. The minimum atomic E-state index is -3.90. The number of carbonyl (C=O) groups excluding carboxylic acids is 1. The predicted molar refractivity (Wildman–Crippen MR) is 104 cm³/mol. The number of nitrogens with one attached hydrogen (secondary N) is 1. The van der Waals surface area contributed by atoms with Crippen LogP contribution in [-0.4, -0.2) is 28.7 Å². The summed E-state index contributed by atoms with van der Waals surface area (Å²) in [6.07, 6.45) is 2.67. The Balaban J connectivity index is 3.00. The molecule has 0 bridgehead atoms. The van der Waals surface area contributed by atoms with Crippen LogP contribution in [0.1, 0.15) is 19.4 Å². The lowest BCUT2D eigenvalue weighted by molar-refractivity contribution is -0.116. The van der Waals surface area contributed by atoms with Gasteiger partial charge in [-0.25, -0.2) is 0 Å². The van der Waals surface area contributed by atoms with Gasteiger partial charge in [0.25, 0.3) is 0 Å². The van der Waals surface area contributed by atoms with E-state index in [1.54, 1.807) is 38.1 Å². The summed E-state index contributed by atoms with van der Waals surface area (Å²) in [5.41, 5.74) is 0.627. The van der Waals surface area contributed by atoms with E-state index < -0.39 is 23.1 Å². The van der Waals surface area contributed by atoms with Crippen molar-refractivity contribution >= 4 is 66.0 Å². The largest absolute Gasteiger partial charge is 0.357 e. The fourth-order valence-corrected chi connectivity index (χ4v) is 5.02. The molecule has 0 saturated carbocycles. The van der Waals surface area contributed by atoms with Gasteiger partial charge in [-0.15, -0.1) is 0 Å². The first-order chi connectivity index (χ1) is 11.6. The molecule has 0 aliphatic rings. The Morgan fingerprint density at radius 1 is 1.24 bits per heavy atom. The Kier molecular flexibility index (Phi) is 9.27. The summed E-state index contributed by atoms with van der Waals surface area (Å²) in [5, 5.41) is 2.85. The Morgan fingerprint density at radius 3 is 2.28 bits per heavy atom. The molecule has 25 heavy (non-hydrogen) atoms. The summed E-state index contributed by atoms with van der Waals surface area (Å²) in [7, 11) is -3.90. The van der Waals surface area contributed by atoms with Gasteiger partial charge in [-0.05, 0) is 31.6 Å². The first kappa shape index (κ1) is 22.8. The number of alkyl halides is 3. The van der Waals surface area contributed by atoms with E-state index in [1.807, 2.05) is 0 Å². The van der Waals surface area contributed by atoms with Crippen molar-refractivity contribution in [2.24, 2.45) is 0 Å². The van der Waals surface area contributed by atoms with Crippen LogP contribution in [0.5, 0.6) is 0 Å². The number of halogens is 4. The van der Waals surface area contributed by atoms with Crippen molar-refractivity contribution in [2.45, 2.75) is 23.4 Å². The van der Waals surface area contributed by atoms with E-state index in [0.717, 1.165) is 0 Å². The van der Waals surface area contributed by atoms with Gasteiger partial charge in [-0.2, -0.15) is 0 Å². The minimum absolute atomic E-state index is 0.0554. The highest BCUT2D eigenvalue weighted by molar-refractivity contribution is 7.55. The predicted octanol–water partition coefficient (Wildman–Crippen LogP) is 5.43. The summed E-state index contributed by atoms with van der Waals surface area (Å²) < 4.78 is 21.1. The van der Waals surface area contributed by atoms with E-state index in [4.69, 9.17) is 55.5 Å². The molecule has 1 N–H and O–H groups in total. The van der Waals surface area contributed by atoms with E-state index in [9.17, 15) is 9.36 Å². The van der Waals surface area contributed by atoms with Gasteiger partial charge >= 0.3 is 7.60 Å². The molecule has 0 spiro atoms. The SMILES string of the molecule is CCOP(=O)(OCC)C(NC(=O)/C=C/c1ccccc1Cl)C(Cl)(Cl)Cl. The summed E-state index contributed by atoms with van der Waals surface area (Å²) in [6, 6.07) is 6.94. The Labute approximate surface area is 167 Å². The molecule has 1 amide bonds.